The van der Waals surface area contributed by atoms with Crippen LogP contribution in [-0.4, -0.2) is 38.7 Å². The standard InChI is InChI=1S/C25H20O11/c1-4-32-25(29)22-20(16-9-10-18(35-16)24(28)31-3)21(26)15-7-5-13(11-19(15)36-22)33-12-14-6-8-17(34-14)23(27)30-2/h5-11H,4,12H2,1-3H3. The van der Waals surface area contributed by atoms with Crippen molar-refractivity contribution in [1.82, 2.24) is 0 Å². The van der Waals surface area contributed by atoms with Crippen LogP contribution in [0, 0.1) is 0 Å². The number of ether oxygens (including phenoxy) is 4. The van der Waals surface area contributed by atoms with Gasteiger partial charge in [0.05, 0.1) is 26.2 Å². The van der Waals surface area contributed by atoms with Gasteiger partial charge in [-0.05, 0) is 43.3 Å². The van der Waals surface area contributed by atoms with Crippen molar-refractivity contribution >= 4 is 28.9 Å². The monoisotopic (exact) mass is 496 g/mol. The molecule has 0 atom stereocenters. The Balaban J connectivity index is 1.71. The third-order valence-corrected chi connectivity index (χ3v) is 4.99. The normalized spacial score (nSPS) is 10.8. The van der Waals surface area contributed by atoms with Crippen LogP contribution in [-0.2, 0) is 20.8 Å². The summed E-state index contributed by atoms with van der Waals surface area (Å²) in [6.07, 6.45) is 0. The molecule has 0 spiro atoms. The molecule has 186 valence electrons. The van der Waals surface area contributed by atoms with E-state index in [9.17, 15) is 19.2 Å². The third-order valence-electron chi connectivity index (χ3n) is 4.99. The Morgan fingerprint density at radius 3 is 2.22 bits per heavy atom. The summed E-state index contributed by atoms with van der Waals surface area (Å²) >= 11 is 0. The predicted molar refractivity (Wildman–Crippen MR) is 122 cm³/mol. The molecule has 11 heteroatoms. The minimum atomic E-state index is -0.889. The summed E-state index contributed by atoms with van der Waals surface area (Å²) in [6.45, 7) is 1.61. The van der Waals surface area contributed by atoms with E-state index in [1.807, 2.05) is 0 Å². The van der Waals surface area contributed by atoms with Crippen LogP contribution in [0.4, 0.5) is 0 Å². The molecule has 0 radical (unpaired) electrons. The summed E-state index contributed by atoms with van der Waals surface area (Å²) in [7, 11) is 2.42. The molecule has 0 amide bonds. The van der Waals surface area contributed by atoms with Crippen molar-refractivity contribution in [2.24, 2.45) is 0 Å². The Labute approximate surface area is 203 Å². The fourth-order valence-electron chi connectivity index (χ4n) is 3.33. The molecule has 0 aliphatic heterocycles. The van der Waals surface area contributed by atoms with Gasteiger partial charge in [-0.15, -0.1) is 0 Å². The van der Waals surface area contributed by atoms with Crippen molar-refractivity contribution in [1.29, 1.82) is 0 Å². The fourth-order valence-corrected chi connectivity index (χ4v) is 3.33. The van der Waals surface area contributed by atoms with Gasteiger partial charge in [0, 0.05) is 6.07 Å². The van der Waals surface area contributed by atoms with Crippen molar-refractivity contribution in [3.63, 3.8) is 0 Å². The summed E-state index contributed by atoms with van der Waals surface area (Å²) in [6, 6.07) is 10.1. The van der Waals surface area contributed by atoms with E-state index in [0.29, 0.717) is 11.5 Å². The first-order valence-corrected chi connectivity index (χ1v) is 10.6. The molecule has 0 unspecified atom stereocenters. The number of carbonyl (C=O) groups is 3. The molecule has 0 aliphatic rings. The zero-order chi connectivity index (χ0) is 25.8. The number of hydrogen-bond acceptors (Lipinski definition) is 11. The maximum Gasteiger partial charge on any atom is 0.375 e. The predicted octanol–water partition coefficient (Wildman–Crippen LogP) is 3.97. The minimum absolute atomic E-state index is 0.0282. The van der Waals surface area contributed by atoms with Crippen molar-refractivity contribution in [2.75, 3.05) is 20.8 Å². The zero-order valence-corrected chi connectivity index (χ0v) is 19.4. The minimum Gasteiger partial charge on any atom is -0.486 e. The van der Waals surface area contributed by atoms with Gasteiger partial charge in [0.25, 0.3) is 0 Å². The van der Waals surface area contributed by atoms with E-state index in [4.69, 9.17) is 22.7 Å². The molecule has 0 N–H and O–H groups in total. The average molecular weight is 496 g/mol. The van der Waals surface area contributed by atoms with E-state index >= 15 is 0 Å². The lowest BCUT2D eigenvalue weighted by Crippen LogP contribution is -2.14. The molecule has 0 aliphatic carbocycles. The molecule has 11 nitrogen and oxygen atoms in total. The maximum atomic E-state index is 13.3. The summed E-state index contributed by atoms with van der Waals surface area (Å²) < 4.78 is 36.5. The number of furan rings is 2. The molecular formula is C25H20O11. The van der Waals surface area contributed by atoms with Crippen LogP contribution in [0.2, 0.25) is 0 Å². The molecule has 0 fully saturated rings. The molecular weight excluding hydrogens is 476 g/mol. The molecule has 3 heterocycles. The number of benzene rings is 1. The number of carbonyl (C=O) groups excluding carboxylic acids is 3. The van der Waals surface area contributed by atoms with Gasteiger partial charge in [0.15, 0.2) is 0 Å². The number of hydrogen-bond donors (Lipinski definition) is 0. The van der Waals surface area contributed by atoms with Gasteiger partial charge in [0.1, 0.15) is 35.0 Å². The van der Waals surface area contributed by atoms with Gasteiger partial charge >= 0.3 is 17.9 Å². The molecule has 4 rings (SSSR count). The second-order valence-electron chi connectivity index (χ2n) is 7.22. The Morgan fingerprint density at radius 2 is 1.53 bits per heavy atom. The van der Waals surface area contributed by atoms with Crippen LogP contribution < -0.4 is 10.2 Å². The van der Waals surface area contributed by atoms with Gasteiger partial charge in [0.2, 0.25) is 22.7 Å². The van der Waals surface area contributed by atoms with Crippen molar-refractivity contribution in [3.05, 3.63) is 75.7 Å². The summed E-state index contributed by atoms with van der Waals surface area (Å²) in [5.74, 6) is -2.18. The first kappa shape index (κ1) is 24.3. The second-order valence-corrected chi connectivity index (χ2v) is 7.22. The van der Waals surface area contributed by atoms with E-state index in [-0.39, 0.29) is 47.0 Å². The van der Waals surface area contributed by atoms with E-state index in [1.165, 1.54) is 50.6 Å². The van der Waals surface area contributed by atoms with Gasteiger partial charge in [-0.3, -0.25) is 4.79 Å². The molecule has 36 heavy (non-hydrogen) atoms. The van der Waals surface area contributed by atoms with Crippen molar-refractivity contribution < 1.29 is 46.6 Å². The number of fused-ring (bicyclic) bond motifs is 1. The van der Waals surface area contributed by atoms with Crippen LogP contribution in [0.3, 0.4) is 0 Å². The lowest BCUT2D eigenvalue weighted by atomic mass is 10.1. The molecule has 3 aromatic heterocycles. The van der Waals surface area contributed by atoms with E-state index < -0.39 is 29.1 Å². The topological polar surface area (TPSA) is 145 Å². The molecule has 0 bridgehead atoms. The SMILES string of the molecule is CCOC(=O)c1oc2cc(OCc3ccc(C(=O)OC)o3)ccc2c(=O)c1-c1ccc(C(=O)OC)o1. The van der Waals surface area contributed by atoms with Gasteiger partial charge < -0.3 is 32.2 Å². The Hall–Kier alpha value is -4.80. The summed E-state index contributed by atoms with van der Waals surface area (Å²) in [5, 5.41) is 0.132. The largest absolute Gasteiger partial charge is 0.486 e. The van der Waals surface area contributed by atoms with Crippen LogP contribution in [0.25, 0.3) is 22.3 Å². The summed E-state index contributed by atoms with van der Waals surface area (Å²) in [5.41, 5.74) is -0.722. The highest BCUT2D eigenvalue weighted by Gasteiger charge is 2.26. The Bertz CT molecular complexity index is 1500. The average Bonchev–Trinajstić information content (AvgIpc) is 3.56. The quantitative estimate of drug-likeness (QED) is 0.258. The first-order valence-electron chi connectivity index (χ1n) is 10.6. The van der Waals surface area contributed by atoms with E-state index in [1.54, 1.807) is 13.0 Å². The Kier molecular flexibility index (Phi) is 6.91. The fraction of sp³-hybridized carbons (Fsp3) is 0.200. The lowest BCUT2D eigenvalue weighted by Gasteiger charge is -2.09. The lowest BCUT2D eigenvalue weighted by molar-refractivity contribution is 0.0490. The highest BCUT2D eigenvalue weighted by molar-refractivity contribution is 5.97. The number of esters is 3. The van der Waals surface area contributed by atoms with Crippen molar-refractivity contribution in [2.45, 2.75) is 13.5 Å². The van der Waals surface area contributed by atoms with Crippen LogP contribution in [0.1, 0.15) is 44.3 Å². The molecule has 4 aromatic rings. The zero-order valence-electron chi connectivity index (χ0n) is 19.4. The van der Waals surface area contributed by atoms with Gasteiger partial charge in [-0.1, -0.05) is 0 Å². The molecule has 0 saturated carbocycles. The van der Waals surface area contributed by atoms with Crippen LogP contribution in [0.15, 0.2) is 60.5 Å². The number of rotatable bonds is 8. The van der Waals surface area contributed by atoms with Crippen LogP contribution >= 0.6 is 0 Å². The third kappa shape index (κ3) is 4.71. The Morgan fingerprint density at radius 1 is 0.833 bits per heavy atom. The van der Waals surface area contributed by atoms with Gasteiger partial charge in [-0.25, -0.2) is 14.4 Å². The van der Waals surface area contributed by atoms with E-state index in [0.717, 1.165) is 0 Å². The van der Waals surface area contributed by atoms with E-state index in [2.05, 4.69) is 9.47 Å². The smallest absolute Gasteiger partial charge is 0.375 e. The maximum absolute atomic E-state index is 13.3. The van der Waals surface area contributed by atoms with Gasteiger partial charge in [-0.2, -0.15) is 0 Å². The second kappa shape index (κ2) is 10.2. The van der Waals surface area contributed by atoms with Crippen molar-refractivity contribution in [3.8, 4) is 17.1 Å². The highest BCUT2D eigenvalue weighted by atomic mass is 16.6. The van der Waals surface area contributed by atoms with Crippen LogP contribution in [0.5, 0.6) is 5.75 Å². The molecule has 1 aromatic carbocycles. The first-order chi connectivity index (χ1) is 17.4. The highest BCUT2D eigenvalue weighted by Crippen LogP contribution is 2.29. The summed E-state index contributed by atoms with van der Waals surface area (Å²) in [4.78, 5) is 49.3. The molecule has 0 saturated heterocycles. The number of methoxy groups -OCH3 is 2.